The topological polar surface area (TPSA) is 94.2 Å². The molecule has 0 bridgehead atoms. The van der Waals surface area contributed by atoms with Crippen molar-refractivity contribution in [2.45, 2.75) is 71.6 Å². The molecular weight excluding hydrogens is 304 g/mol. The molecule has 8 heteroatoms. The second kappa shape index (κ2) is 7.06. The first-order chi connectivity index (χ1) is 10.4. The summed E-state index contributed by atoms with van der Waals surface area (Å²) in [6.07, 6.45) is -0.332. The average molecular weight is 330 g/mol. The summed E-state index contributed by atoms with van der Waals surface area (Å²) >= 11 is 0. The van der Waals surface area contributed by atoms with Crippen molar-refractivity contribution in [1.82, 2.24) is 10.4 Å². The first-order valence-corrected chi connectivity index (χ1v) is 7.58. The molecule has 1 fully saturated rings. The molecule has 132 valence electrons. The molecule has 0 radical (unpaired) electrons. The molecule has 1 aliphatic heterocycles. The van der Waals surface area contributed by atoms with Crippen LogP contribution in [0.15, 0.2) is 0 Å². The van der Waals surface area contributed by atoms with Gasteiger partial charge in [-0.3, -0.25) is 4.90 Å². The molecule has 0 aromatic rings. The van der Waals surface area contributed by atoms with Crippen LogP contribution >= 0.6 is 0 Å². The van der Waals surface area contributed by atoms with Gasteiger partial charge in [-0.25, -0.2) is 14.4 Å². The van der Waals surface area contributed by atoms with Crippen molar-refractivity contribution in [3.63, 3.8) is 0 Å². The summed E-state index contributed by atoms with van der Waals surface area (Å²) in [4.78, 5) is 41.6. The molecule has 1 atom stereocenters. The molecule has 0 aliphatic carbocycles. The Morgan fingerprint density at radius 3 is 2.09 bits per heavy atom. The second-order valence-corrected chi connectivity index (χ2v) is 7.36. The van der Waals surface area contributed by atoms with Crippen LogP contribution in [0.5, 0.6) is 0 Å². The third-order valence-corrected chi connectivity index (χ3v) is 2.79. The number of carbonyl (C=O) groups is 3. The molecule has 2 amide bonds. The minimum Gasteiger partial charge on any atom is -0.444 e. The average Bonchev–Trinajstić information content (AvgIpc) is 2.80. The Morgan fingerprint density at radius 2 is 1.57 bits per heavy atom. The fourth-order valence-electron chi connectivity index (χ4n) is 2.01. The van der Waals surface area contributed by atoms with E-state index in [9.17, 15) is 14.4 Å². The van der Waals surface area contributed by atoms with Gasteiger partial charge in [-0.2, -0.15) is 0 Å². The summed E-state index contributed by atoms with van der Waals surface area (Å²) < 4.78 is 10.2. The first-order valence-electron chi connectivity index (χ1n) is 7.58. The highest BCUT2D eigenvalue weighted by atomic mass is 16.7. The molecule has 0 saturated carbocycles. The minimum atomic E-state index is -0.868. The smallest absolute Gasteiger partial charge is 0.441 e. The van der Waals surface area contributed by atoms with Gasteiger partial charge in [-0.1, -0.05) is 0 Å². The van der Waals surface area contributed by atoms with E-state index in [0.29, 0.717) is 19.4 Å². The fraction of sp³-hybridized carbons (Fsp3) is 0.800. The van der Waals surface area contributed by atoms with Crippen molar-refractivity contribution in [3.8, 4) is 0 Å². The van der Waals surface area contributed by atoms with E-state index in [1.807, 2.05) is 5.48 Å². The van der Waals surface area contributed by atoms with Crippen molar-refractivity contribution in [2.75, 3.05) is 6.54 Å². The van der Waals surface area contributed by atoms with Crippen LogP contribution in [0.4, 0.5) is 9.59 Å². The Morgan fingerprint density at radius 1 is 1.00 bits per heavy atom. The van der Waals surface area contributed by atoms with Crippen LogP contribution in [-0.2, 0) is 19.1 Å². The molecule has 23 heavy (non-hydrogen) atoms. The van der Waals surface area contributed by atoms with Crippen LogP contribution in [0, 0.1) is 0 Å². The lowest BCUT2D eigenvalue weighted by Gasteiger charge is -2.27. The van der Waals surface area contributed by atoms with Crippen LogP contribution in [0.25, 0.3) is 0 Å². The van der Waals surface area contributed by atoms with Gasteiger partial charge in [0.25, 0.3) is 0 Å². The number of carbonyl (C=O) groups excluding carboxylic acids is 3. The number of likely N-dealkylation sites (tertiary alicyclic amines) is 1. The number of ether oxygens (including phenoxy) is 2. The van der Waals surface area contributed by atoms with Crippen LogP contribution in [0.2, 0.25) is 0 Å². The lowest BCUT2D eigenvalue weighted by atomic mass is 10.2. The maximum atomic E-state index is 12.1. The number of rotatable bonds is 1. The number of amides is 2. The van der Waals surface area contributed by atoms with Gasteiger partial charge in [0, 0.05) is 6.54 Å². The van der Waals surface area contributed by atoms with Crippen LogP contribution in [0.1, 0.15) is 54.4 Å². The zero-order chi connectivity index (χ0) is 17.8. The Balaban J connectivity index is 2.54. The molecule has 0 aromatic heterocycles. The molecule has 1 N–H and O–H groups in total. The number of nitrogens with zero attached hydrogens (tertiary/aromatic N) is 1. The molecular formula is C15H26N2O6. The van der Waals surface area contributed by atoms with E-state index in [4.69, 9.17) is 14.3 Å². The van der Waals surface area contributed by atoms with E-state index < -0.39 is 35.4 Å². The number of hydrogen-bond donors (Lipinski definition) is 1. The third kappa shape index (κ3) is 6.75. The summed E-state index contributed by atoms with van der Waals surface area (Å²) in [5, 5.41) is 0. The molecule has 1 rings (SSSR count). The van der Waals surface area contributed by atoms with Gasteiger partial charge >= 0.3 is 18.2 Å². The monoisotopic (exact) mass is 330 g/mol. The molecule has 1 unspecified atom stereocenters. The highest BCUT2D eigenvalue weighted by molar-refractivity contribution is 5.83. The lowest BCUT2D eigenvalue weighted by Crippen LogP contribution is -2.46. The highest BCUT2D eigenvalue weighted by Crippen LogP contribution is 2.21. The third-order valence-electron chi connectivity index (χ3n) is 2.79. The van der Waals surface area contributed by atoms with E-state index in [0.717, 1.165) is 0 Å². The van der Waals surface area contributed by atoms with Gasteiger partial charge in [-0.15, -0.1) is 5.48 Å². The molecule has 1 heterocycles. The van der Waals surface area contributed by atoms with Crippen LogP contribution in [-0.4, -0.2) is 46.8 Å². The predicted molar refractivity (Wildman–Crippen MR) is 81.4 cm³/mol. The van der Waals surface area contributed by atoms with E-state index >= 15 is 0 Å². The van der Waals surface area contributed by atoms with Gasteiger partial charge in [0.1, 0.15) is 17.2 Å². The van der Waals surface area contributed by atoms with Gasteiger partial charge in [-0.05, 0) is 54.4 Å². The maximum Gasteiger partial charge on any atom is 0.441 e. The van der Waals surface area contributed by atoms with E-state index in [1.54, 1.807) is 41.5 Å². The standard InChI is InChI=1S/C15H26N2O6/c1-14(2,3)21-12(19)16-23-11(18)10-8-7-9-17(10)13(20)22-15(4,5)6/h10H,7-9H2,1-6H3,(H,16,19). The van der Waals surface area contributed by atoms with Gasteiger partial charge in [0.15, 0.2) is 0 Å². The zero-order valence-corrected chi connectivity index (χ0v) is 14.6. The Labute approximate surface area is 136 Å². The lowest BCUT2D eigenvalue weighted by molar-refractivity contribution is -0.155. The maximum absolute atomic E-state index is 12.1. The van der Waals surface area contributed by atoms with Crippen molar-refractivity contribution in [3.05, 3.63) is 0 Å². The summed E-state index contributed by atoms with van der Waals surface area (Å²) in [5.41, 5.74) is 0.582. The Kier molecular flexibility index (Phi) is 5.85. The summed E-state index contributed by atoms with van der Waals surface area (Å²) in [6, 6.07) is -0.778. The van der Waals surface area contributed by atoms with Crippen molar-refractivity contribution < 1.29 is 28.7 Å². The van der Waals surface area contributed by atoms with Gasteiger partial charge < -0.3 is 14.3 Å². The normalized spacial score (nSPS) is 18.3. The van der Waals surface area contributed by atoms with Crippen molar-refractivity contribution >= 4 is 18.2 Å². The Hall–Kier alpha value is -1.99. The van der Waals surface area contributed by atoms with Gasteiger partial charge in [0.2, 0.25) is 0 Å². The van der Waals surface area contributed by atoms with Crippen molar-refractivity contribution in [1.29, 1.82) is 0 Å². The van der Waals surface area contributed by atoms with E-state index in [-0.39, 0.29) is 0 Å². The van der Waals surface area contributed by atoms with E-state index in [2.05, 4.69) is 0 Å². The highest BCUT2D eigenvalue weighted by Gasteiger charge is 2.38. The number of hydroxylamine groups is 1. The van der Waals surface area contributed by atoms with Crippen LogP contribution in [0.3, 0.4) is 0 Å². The minimum absolute atomic E-state index is 0.404. The summed E-state index contributed by atoms with van der Waals surface area (Å²) in [6.45, 7) is 10.7. The molecule has 8 nitrogen and oxygen atoms in total. The SMILES string of the molecule is CC(C)(C)OC(=O)NOC(=O)C1CCCN1C(=O)OC(C)(C)C. The summed E-state index contributed by atoms with van der Waals surface area (Å²) in [5.74, 6) is -0.723. The Bertz CT molecular complexity index is 464. The number of nitrogens with one attached hydrogen (secondary N) is 1. The molecule has 1 saturated heterocycles. The second-order valence-electron chi connectivity index (χ2n) is 7.36. The van der Waals surface area contributed by atoms with Gasteiger partial charge in [0.05, 0.1) is 0 Å². The number of hydrogen-bond acceptors (Lipinski definition) is 6. The fourth-order valence-corrected chi connectivity index (χ4v) is 2.01. The quantitative estimate of drug-likeness (QED) is 0.586. The molecule has 0 spiro atoms. The molecule has 0 aromatic carbocycles. The zero-order valence-electron chi connectivity index (χ0n) is 14.6. The van der Waals surface area contributed by atoms with E-state index in [1.165, 1.54) is 4.90 Å². The predicted octanol–water partition coefficient (Wildman–Crippen LogP) is 2.37. The first kappa shape index (κ1) is 19.1. The summed E-state index contributed by atoms with van der Waals surface area (Å²) in [7, 11) is 0. The largest absolute Gasteiger partial charge is 0.444 e. The van der Waals surface area contributed by atoms with Crippen molar-refractivity contribution in [2.24, 2.45) is 0 Å². The molecule has 1 aliphatic rings. The van der Waals surface area contributed by atoms with Crippen LogP contribution < -0.4 is 5.48 Å².